The molecule has 2 aromatic rings. The first-order chi connectivity index (χ1) is 8.79. The molecule has 2 amide bonds. The number of rotatable bonds is 3. The van der Waals surface area contributed by atoms with E-state index in [4.69, 9.17) is 4.74 Å². The van der Waals surface area contributed by atoms with Crippen LogP contribution in [0, 0.1) is 0 Å². The van der Waals surface area contributed by atoms with Gasteiger partial charge in [0.25, 0.3) is 0 Å². The normalized spacial score (nSPS) is 9.61. The lowest BCUT2D eigenvalue weighted by molar-refractivity contribution is 0.262. The number of nitrogens with zero attached hydrogens (tertiary/aromatic N) is 2. The molecule has 0 aliphatic rings. The second-order valence-corrected chi connectivity index (χ2v) is 3.35. The number of ether oxygens (including phenoxy) is 1. The van der Waals surface area contributed by atoms with Crippen LogP contribution in [-0.4, -0.2) is 23.1 Å². The zero-order chi connectivity index (χ0) is 12.8. The maximum absolute atomic E-state index is 11.7. The highest BCUT2D eigenvalue weighted by Gasteiger charge is 2.07. The SMILES string of the molecule is COc1ccccc1NC(=O)Nc1ncccn1. The Hall–Kier alpha value is -2.63. The van der Waals surface area contributed by atoms with Gasteiger partial charge in [-0.1, -0.05) is 12.1 Å². The van der Waals surface area contributed by atoms with Gasteiger partial charge < -0.3 is 10.1 Å². The highest BCUT2D eigenvalue weighted by atomic mass is 16.5. The van der Waals surface area contributed by atoms with Crippen molar-refractivity contribution < 1.29 is 9.53 Å². The van der Waals surface area contributed by atoms with E-state index in [1.807, 2.05) is 6.07 Å². The Bertz CT molecular complexity index is 531. The number of anilines is 2. The monoisotopic (exact) mass is 244 g/mol. The molecule has 0 bridgehead atoms. The molecule has 18 heavy (non-hydrogen) atoms. The minimum absolute atomic E-state index is 0.241. The number of benzene rings is 1. The fraction of sp³-hybridized carbons (Fsp3) is 0.0833. The predicted octanol–water partition coefficient (Wildman–Crippen LogP) is 2.13. The number of amides is 2. The van der Waals surface area contributed by atoms with Gasteiger partial charge in [-0.2, -0.15) is 0 Å². The Morgan fingerprint density at radius 3 is 2.56 bits per heavy atom. The third-order valence-electron chi connectivity index (χ3n) is 2.15. The van der Waals surface area contributed by atoms with Crippen LogP contribution in [0.3, 0.4) is 0 Å². The van der Waals surface area contributed by atoms with Crippen molar-refractivity contribution in [2.24, 2.45) is 0 Å². The first-order valence-corrected chi connectivity index (χ1v) is 5.27. The lowest BCUT2D eigenvalue weighted by Gasteiger charge is -2.09. The lowest BCUT2D eigenvalue weighted by Crippen LogP contribution is -2.21. The zero-order valence-electron chi connectivity index (χ0n) is 9.75. The van der Waals surface area contributed by atoms with Crippen LogP contribution in [-0.2, 0) is 0 Å². The molecule has 0 aliphatic carbocycles. The summed E-state index contributed by atoms with van der Waals surface area (Å²) >= 11 is 0. The molecular weight excluding hydrogens is 232 g/mol. The van der Waals surface area contributed by atoms with Crippen LogP contribution >= 0.6 is 0 Å². The number of carbonyl (C=O) groups is 1. The molecule has 0 saturated carbocycles. The van der Waals surface area contributed by atoms with Crippen LogP contribution in [0.5, 0.6) is 5.75 Å². The highest BCUT2D eigenvalue weighted by Crippen LogP contribution is 2.22. The summed E-state index contributed by atoms with van der Waals surface area (Å²) in [6, 6.07) is 8.37. The lowest BCUT2D eigenvalue weighted by atomic mass is 10.3. The van der Waals surface area contributed by atoms with Crippen molar-refractivity contribution in [1.82, 2.24) is 9.97 Å². The molecule has 0 saturated heterocycles. The number of hydrogen-bond acceptors (Lipinski definition) is 4. The van der Waals surface area contributed by atoms with Gasteiger partial charge in [0.1, 0.15) is 5.75 Å². The fourth-order valence-electron chi connectivity index (χ4n) is 1.37. The van der Waals surface area contributed by atoms with Crippen LogP contribution in [0.2, 0.25) is 0 Å². The zero-order valence-corrected chi connectivity index (χ0v) is 9.75. The van der Waals surface area contributed by atoms with Crippen molar-refractivity contribution in [1.29, 1.82) is 0 Å². The van der Waals surface area contributed by atoms with Gasteiger partial charge in [0.15, 0.2) is 0 Å². The first-order valence-electron chi connectivity index (χ1n) is 5.27. The maximum Gasteiger partial charge on any atom is 0.326 e. The molecule has 92 valence electrons. The summed E-state index contributed by atoms with van der Waals surface area (Å²) in [5, 5.41) is 5.17. The van der Waals surface area contributed by atoms with Crippen LogP contribution < -0.4 is 15.4 Å². The smallest absolute Gasteiger partial charge is 0.326 e. The van der Waals surface area contributed by atoms with E-state index in [0.717, 1.165) is 0 Å². The van der Waals surface area contributed by atoms with E-state index in [-0.39, 0.29) is 5.95 Å². The second-order valence-electron chi connectivity index (χ2n) is 3.35. The Morgan fingerprint density at radius 1 is 1.11 bits per heavy atom. The Labute approximate surface area is 104 Å². The number of urea groups is 1. The van der Waals surface area contributed by atoms with E-state index in [1.54, 1.807) is 43.8 Å². The van der Waals surface area contributed by atoms with Gasteiger partial charge in [0, 0.05) is 12.4 Å². The summed E-state index contributed by atoms with van der Waals surface area (Å²) in [5.41, 5.74) is 0.577. The van der Waals surface area contributed by atoms with E-state index in [0.29, 0.717) is 11.4 Å². The number of para-hydroxylation sites is 2. The van der Waals surface area contributed by atoms with E-state index in [2.05, 4.69) is 20.6 Å². The Kier molecular flexibility index (Phi) is 3.70. The summed E-state index contributed by atoms with van der Waals surface area (Å²) in [6.07, 6.45) is 3.09. The van der Waals surface area contributed by atoms with Gasteiger partial charge >= 0.3 is 6.03 Å². The number of nitrogens with one attached hydrogen (secondary N) is 2. The molecule has 6 heteroatoms. The number of methoxy groups -OCH3 is 1. The van der Waals surface area contributed by atoms with Crippen molar-refractivity contribution in [3.8, 4) is 5.75 Å². The molecule has 1 aromatic carbocycles. The van der Waals surface area contributed by atoms with Crippen molar-refractivity contribution in [2.45, 2.75) is 0 Å². The van der Waals surface area contributed by atoms with E-state index < -0.39 is 6.03 Å². The summed E-state index contributed by atoms with van der Waals surface area (Å²) in [4.78, 5) is 19.5. The van der Waals surface area contributed by atoms with E-state index in [1.165, 1.54) is 0 Å². The summed E-state index contributed by atoms with van der Waals surface area (Å²) < 4.78 is 5.12. The van der Waals surface area contributed by atoms with Crippen molar-refractivity contribution in [3.63, 3.8) is 0 Å². The van der Waals surface area contributed by atoms with Crippen LogP contribution in [0.1, 0.15) is 0 Å². The number of aromatic nitrogens is 2. The molecule has 2 N–H and O–H groups in total. The molecule has 1 aromatic heterocycles. The maximum atomic E-state index is 11.7. The second kappa shape index (κ2) is 5.62. The first kappa shape index (κ1) is 11.8. The Balaban J connectivity index is 2.03. The van der Waals surface area contributed by atoms with Gasteiger partial charge in [0.05, 0.1) is 12.8 Å². The van der Waals surface area contributed by atoms with Gasteiger partial charge in [0.2, 0.25) is 5.95 Å². The van der Waals surface area contributed by atoms with Crippen LogP contribution in [0.4, 0.5) is 16.4 Å². The molecule has 0 unspecified atom stereocenters. The molecule has 0 radical (unpaired) electrons. The quantitative estimate of drug-likeness (QED) is 0.867. The average Bonchev–Trinajstić information content (AvgIpc) is 2.40. The molecular formula is C12H12N4O2. The molecule has 0 atom stereocenters. The van der Waals surface area contributed by atoms with E-state index in [9.17, 15) is 4.79 Å². The number of carbonyl (C=O) groups excluding carboxylic acids is 1. The van der Waals surface area contributed by atoms with Gasteiger partial charge in [-0.25, -0.2) is 14.8 Å². The van der Waals surface area contributed by atoms with Crippen molar-refractivity contribution >= 4 is 17.7 Å². The molecule has 2 rings (SSSR count). The van der Waals surface area contributed by atoms with Crippen molar-refractivity contribution in [2.75, 3.05) is 17.7 Å². The molecule has 6 nitrogen and oxygen atoms in total. The molecule has 1 heterocycles. The summed E-state index contributed by atoms with van der Waals surface area (Å²) in [5.74, 6) is 0.825. The summed E-state index contributed by atoms with van der Waals surface area (Å²) in [6.45, 7) is 0. The largest absolute Gasteiger partial charge is 0.495 e. The standard InChI is InChI=1S/C12H12N4O2/c1-18-10-6-3-2-5-9(10)15-12(17)16-11-13-7-4-8-14-11/h2-8H,1H3,(H2,13,14,15,16,17). The fourth-order valence-corrected chi connectivity index (χ4v) is 1.37. The minimum atomic E-state index is -0.425. The van der Waals surface area contributed by atoms with Crippen LogP contribution in [0.25, 0.3) is 0 Å². The highest BCUT2D eigenvalue weighted by molar-refractivity contribution is 5.99. The van der Waals surface area contributed by atoms with E-state index >= 15 is 0 Å². The molecule has 0 spiro atoms. The van der Waals surface area contributed by atoms with Crippen molar-refractivity contribution in [3.05, 3.63) is 42.7 Å². The van der Waals surface area contributed by atoms with Gasteiger partial charge in [-0.3, -0.25) is 5.32 Å². The topological polar surface area (TPSA) is 76.1 Å². The molecule has 0 fully saturated rings. The average molecular weight is 244 g/mol. The minimum Gasteiger partial charge on any atom is -0.495 e. The Morgan fingerprint density at radius 2 is 1.83 bits per heavy atom. The third kappa shape index (κ3) is 2.94. The predicted molar refractivity (Wildman–Crippen MR) is 67.7 cm³/mol. The third-order valence-corrected chi connectivity index (χ3v) is 2.15. The molecule has 0 aliphatic heterocycles. The van der Waals surface area contributed by atoms with Crippen LogP contribution in [0.15, 0.2) is 42.7 Å². The summed E-state index contributed by atoms with van der Waals surface area (Å²) in [7, 11) is 1.54. The van der Waals surface area contributed by atoms with Gasteiger partial charge in [-0.15, -0.1) is 0 Å². The van der Waals surface area contributed by atoms with Gasteiger partial charge in [-0.05, 0) is 18.2 Å². The number of hydrogen-bond donors (Lipinski definition) is 2.